The molecule has 0 saturated carbocycles. The maximum atomic E-state index is 12.1. The molecule has 1 aliphatic rings. The van der Waals surface area contributed by atoms with Crippen molar-refractivity contribution < 1.29 is 0 Å². The van der Waals surface area contributed by atoms with E-state index in [4.69, 9.17) is 0 Å². The molecule has 0 fully saturated rings. The standard InChI is InChI=1S/C12H10OSe/c13-12-8-4-1-2-6-10(8)14-11-7-3-5-9(11)12/h1-2,4,6H,3,5,7H2. The van der Waals surface area contributed by atoms with Crippen LogP contribution < -0.4 is 5.43 Å². The summed E-state index contributed by atoms with van der Waals surface area (Å²) in [4.78, 5) is 12.1. The summed E-state index contributed by atoms with van der Waals surface area (Å²) in [6.45, 7) is 0. The molecule has 14 heavy (non-hydrogen) atoms. The van der Waals surface area contributed by atoms with Crippen LogP contribution >= 0.6 is 0 Å². The molecule has 0 N–H and O–H groups in total. The minimum absolute atomic E-state index is 0.307. The van der Waals surface area contributed by atoms with Crippen molar-refractivity contribution in [1.29, 1.82) is 0 Å². The molecule has 3 rings (SSSR count). The van der Waals surface area contributed by atoms with Gasteiger partial charge in [-0.1, -0.05) is 0 Å². The van der Waals surface area contributed by atoms with E-state index in [0.717, 1.165) is 23.8 Å². The first-order valence-corrected chi connectivity index (χ1v) is 6.61. The molecular formula is C12H10OSe. The summed E-state index contributed by atoms with van der Waals surface area (Å²) >= 11 is 0.427. The molecule has 0 unspecified atom stereocenters. The average Bonchev–Trinajstić information content (AvgIpc) is 2.66. The van der Waals surface area contributed by atoms with Crippen molar-refractivity contribution in [3.63, 3.8) is 0 Å². The number of fused-ring (bicyclic) bond motifs is 2. The fourth-order valence-corrected chi connectivity index (χ4v) is 4.72. The van der Waals surface area contributed by atoms with Crippen LogP contribution in [0.5, 0.6) is 0 Å². The summed E-state index contributed by atoms with van der Waals surface area (Å²) < 4.78 is 2.74. The molecular weight excluding hydrogens is 239 g/mol. The molecule has 1 nitrogen and oxygen atoms in total. The second kappa shape index (κ2) is 3.08. The van der Waals surface area contributed by atoms with Gasteiger partial charge >= 0.3 is 87.9 Å². The zero-order valence-corrected chi connectivity index (χ0v) is 9.46. The van der Waals surface area contributed by atoms with Crippen LogP contribution in [0.3, 0.4) is 0 Å². The van der Waals surface area contributed by atoms with Gasteiger partial charge in [0.1, 0.15) is 0 Å². The molecule has 1 aromatic heterocycles. The quantitative estimate of drug-likeness (QED) is 0.650. The predicted octanol–water partition coefficient (Wildman–Crippen LogP) is 1.75. The summed E-state index contributed by atoms with van der Waals surface area (Å²) in [5.41, 5.74) is 1.45. The maximum absolute atomic E-state index is 12.1. The van der Waals surface area contributed by atoms with Gasteiger partial charge in [-0.2, -0.15) is 0 Å². The molecule has 0 amide bonds. The topological polar surface area (TPSA) is 17.1 Å². The van der Waals surface area contributed by atoms with Crippen LogP contribution in [0, 0.1) is 0 Å². The van der Waals surface area contributed by atoms with Crippen molar-refractivity contribution in [3.05, 3.63) is 44.5 Å². The Labute approximate surface area is 88.1 Å². The van der Waals surface area contributed by atoms with Gasteiger partial charge in [0.05, 0.1) is 0 Å². The summed E-state index contributed by atoms with van der Waals surface area (Å²) in [5, 5.41) is 0.966. The predicted molar refractivity (Wildman–Crippen MR) is 59.2 cm³/mol. The Morgan fingerprint density at radius 3 is 2.93 bits per heavy atom. The zero-order valence-electron chi connectivity index (χ0n) is 7.75. The van der Waals surface area contributed by atoms with Gasteiger partial charge in [-0.25, -0.2) is 0 Å². The summed E-state index contributed by atoms with van der Waals surface area (Å²) in [6, 6.07) is 8.08. The van der Waals surface area contributed by atoms with E-state index < -0.39 is 0 Å². The van der Waals surface area contributed by atoms with E-state index in [1.54, 1.807) is 0 Å². The number of benzene rings is 1. The third-order valence-electron chi connectivity index (χ3n) is 2.81. The van der Waals surface area contributed by atoms with E-state index in [1.165, 1.54) is 15.1 Å². The normalized spacial score (nSPS) is 14.6. The number of hydrogen-bond donors (Lipinski definition) is 0. The third-order valence-corrected chi connectivity index (χ3v) is 5.48. The molecule has 0 saturated heterocycles. The number of hydrogen-bond acceptors (Lipinski definition) is 1. The first kappa shape index (κ1) is 8.46. The summed E-state index contributed by atoms with van der Waals surface area (Å²) in [7, 11) is 0. The van der Waals surface area contributed by atoms with E-state index in [2.05, 4.69) is 6.07 Å². The third kappa shape index (κ3) is 1.11. The van der Waals surface area contributed by atoms with Crippen molar-refractivity contribution in [2.75, 3.05) is 0 Å². The van der Waals surface area contributed by atoms with Gasteiger partial charge in [-0.15, -0.1) is 0 Å². The van der Waals surface area contributed by atoms with Crippen molar-refractivity contribution in [3.8, 4) is 0 Å². The molecule has 1 aliphatic carbocycles. The first-order chi connectivity index (χ1) is 6.86. The Balaban J connectivity index is 2.50. The Hall–Kier alpha value is -0.851. The Morgan fingerprint density at radius 2 is 2.00 bits per heavy atom. The monoisotopic (exact) mass is 250 g/mol. The number of aryl methyl sites for hydroxylation is 1. The van der Waals surface area contributed by atoms with E-state index in [1.807, 2.05) is 18.2 Å². The van der Waals surface area contributed by atoms with Gasteiger partial charge < -0.3 is 0 Å². The Kier molecular flexibility index (Phi) is 1.86. The molecule has 0 spiro atoms. The van der Waals surface area contributed by atoms with Crippen molar-refractivity contribution >= 4 is 24.1 Å². The molecule has 0 bridgehead atoms. The van der Waals surface area contributed by atoms with E-state index in [0.29, 0.717) is 19.9 Å². The molecule has 0 aliphatic heterocycles. The first-order valence-electron chi connectivity index (χ1n) is 4.90. The van der Waals surface area contributed by atoms with Gasteiger partial charge in [-0.05, 0) is 0 Å². The fraction of sp³-hybridized carbons (Fsp3) is 0.250. The molecule has 70 valence electrons. The van der Waals surface area contributed by atoms with Crippen molar-refractivity contribution in [1.82, 2.24) is 0 Å². The van der Waals surface area contributed by atoms with Crippen LogP contribution in [0.4, 0.5) is 0 Å². The van der Waals surface area contributed by atoms with Crippen LogP contribution in [-0.4, -0.2) is 14.5 Å². The van der Waals surface area contributed by atoms with Crippen LogP contribution in [-0.2, 0) is 12.8 Å². The molecule has 2 aromatic rings. The van der Waals surface area contributed by atoms with Gasteiger partial charge in [0.25, 0.3) is 0 Å². The zero-order chi connectivity index (χ0) is 9.54. The Bertz CT molecular complexity index is 554. The van der Waals surface area contributed by atoms with Crippen LogP contribution in [0.15, 0.2) is 29.1 Å². The Morgan fingerprint density at radius 1 is 1.14 bits per heavy atom. The van der Waals surface area contributed by atoms with Gasteiger partial charge in [-0.3, -0.25) is 0 Å². The second-order valence-corrected chi connectivity index (χ2v) is 6.07. The SMILES string of the molecule is O=c1c2c([se]c3ccccc13)CCC2. The summed E-state index contributed by atoms with van der Waals surface area (Å²) in [6.07, 6.45) is 3.37. The molecule has 0 radical (unpaired) electrons. The van der Waals surface area contributed by atoms with Crippen molar-refractivity contribution in [2.45, 2.75) is 19.3 Å². The average molecular weight is 249 g/mol. The van der Waals surface area contributed by atoms with Crippen LogP contribution in [0.25, 0.3) is 9.65 Å². The van der Waals surface area contributed by atoms with Gasteiger partial charge in [0, 0.05) is 0 Å². The number of rotatable bonds is 0. The van der Waals surface area contributed by atoms with E-state index in [-0.39, 0.29) is 0 Å². The van der Waals surface area contributed by atoms with Crippen molar-refractivity contribution in [2.24, 2.45) is 0 Å². The minimum atomic E-state index is 0.307. The second-order valence-electron chi connectivity index (χ2n) is 3.68. The molecule has 1 aromatic carbocycles. The van der Waals surface area contributed by atoms with E-state index >= 15 is 0 Å². The summed E-state index contributed by atoms with van der Waals surface area (Å²) in [5.74, 6) is 0. The van der Waals surface area contributed by atoms with Gasteiger partial charge in [0.15, 0.2) is 0 Å². The molecule has 2 heteroatoms. The van der Waals surface area contributed by atoms with Gasteiger partial charge in [0.2, 0.25) is 0 Å². The molecule has 1 heterocycles. The fourth-order valence-electron chi connectivity index (χ4n) is 2.11. The van der Waals surface area contributed by atoms with Crippen LogP contribution in [0.1, 0.15) is 16.4 Å². The van der Waals surface area contributed by atoms with Crippen LogP contribution in [0.2, 0.25) is 0 Å². The van der Waals surface area contributed by atoms with E-state index in [9.17, 15) is 4.79 Å². The molecule has 0 atom stereocenters.